The van der Waals surface area contributed by atoms with Crippen molar-refractivity contribution in [1.82, 2.24) is 5.32 Å². The Kier molecular flexibility index (Phi) is 5.45. The Hall–Kier alpha value is -2.15. The number of carbonyl (C=O) groups excluding carboxylic acids is 1. The zero-order valence-electron chi connectivity index (χ0n) is 10.6. The number of rotatable bonds is 6. The highest BCUT2D eigenvalue weighted by Gasteiger charge is 2.17. The second-order valence-corrected chi connectivity index (χ2v) is 4.74. The van der Waals surface area contributed by atoms with E-state index >= 15 is 0 Å². The monoisotopic (exact) mass is 300 g/mol. The molecule has 0 saturated carbocycles. The lowest BCUT2D eigenvalue weighted by molar-refractivity contribution is -0.384. The molecular weight excluding hydrogens is 288 g/mol. The molecule has 108 valence electrons. The minimum Gasteiger partial charge on any atom is -0.481 e. The van der Waals surface area contributed by atoms with Crippen molar-refractivity contribution < 1.29 is 19.6 Å². The summed E-state index contributed by atoms with van der Waals surface area (Å²) < 4.78 is 0. The number of nitro benzene ring substituents is 1. The fourth-order valence-electron chi connectivity index (χ4n) is 1.53. The molecule has 1 atom stereocenters. The second-order valence-electron chi connectivity index (χ2n) is 4.34. The SMILES string of the molecule is CC(CNC(=O)c1ccc(Cl)c([N+](=O)[O-])c1)CC(=O)O. The van der Waals surface area contributed by atoms with Gasteiger partial charge in [0.1, 0.15) is 5.02 Å². The summed E-state index contributed by atoms with van der Waals surface area (Å²) in [6, 6.07) is 3.72. The molecule has 0 aliphatic carbocycles. The molecule has 0 aromatic heterocycles. The molecular formula is C12H13ClN2O5. The maximum atomic E-state index is 11.8. The van der Waals surface area contributed by atoms with Crippen LogP contribution < -0.4 is 5.32 Å². The van der Waals surface area contributed by atoms with Gasteiger partial charge in [-0.15, -0.1) is 0 Å². The van der Waals surface area contributed by atoms with Crippen LogP contribution in [0, 0.1) is 16.0 Å². The Labute approximate surface area is 119 Å². The molecule has 1 rings (SSSR count). The molecule has 20 heavy (non-hydrogen) atoms. The van der Waals surface area contributed by atoms with Gasteiger partial charge in [0, 0.05) is 24.6 Å². The number of benzene rings is 1. The predicted octanol–water partition coefficient (Wildman–Crippen LogP) is 2.09. The summed E-state index contributed by atoms with van der Waals surface area (Å²) in [4.78, 5) is 32.3. The first kappa shape index (κ1) is 15.9. The maximum absolute atomic E-state index is 11.8. The van der Waals surface area contributed by atoms with Crippen LogP contribution >= 0.6 is 11.6 Å². The van der Waals surface area contributed by atoms with E-state index in [9.17, 15) is 19.7 Å². The highest BCUT2D eigenvalue weighted by Crippen LogP contribution is 2.24. The standard InChI is InChI=1S/C12H13ClN2O5/c1-7(4-11(16)17)6-14-12(18)8-2-3-9(13)10(5-8)15(19)20/h2-3,5,7H,4,6H2,1H3,(H,14,18)(H,16,17). The number of aliphatic carboxylic acids is 1. The van der Waals surface area contributed by atoms with Crippen molar-refractivity contribution in [3.05, 3.63) is 38.9 Å². The molecule has 0 saturated heterocycles. The van der Waals surface area contributed by atoms with Crippen LogP contribution in [0.15, 0.2) is 18.2 Å². The summed E-state index contributed by atoms with van der Waals surface area (Å²) >= 11 is 5.64. The van der Waals surface area contributed by atoms with Crippen molar-refractivity contribution in [2.45, 2.75) is 13.3 Å². The summed E-state index contributed by atoms with van der Waals surface area (Å²) in [6.07, 6.45) is -0.0684. The van der Waals surface area contributed by atoms with Gasteiger partial charge in [-0.05, 0) is 18.1 Å². The molecule has 1 amide bonds. The molecule has 0 bridgehead atoms. The molecule has 0 aliphatic rings. The van der Waals surface area contributed by atoms with Gasteiger partial charge < -0.3 is 10.4 Å². The van der Waals surface area contributed by atoms with E-state index in [0.717, 1.165) is 6.07 Å². The summed E-state index contributed by atoms with van der Waals surface area (Å²) in [6.45, 7) is 1.85. The normalized spacial score (nSPS) is 11.7. The number of amides is 1. The number of hydrogen-bond acceptors (Lipinski definition) is 4. The molecule has 1 aromatic carbocycles. The van der Waals surface area contributed by atoms with Gasteiger partial charge in [-0.1, -0.05) is 18.5 Å². The van der Waals surface area contributed by atoms with Gasteiger partial charge >= 0.3 is 5.97 Å². The van der Waals surface area contributed by atoms with E-state index < -0.39 is 16.8 Å². The van der Waals surface area contributed by atoms with Crippen LogP contribution in [0.25, 0.3) is 0 Å². The number of nitrogens with zero attached hydrogens (tertiary/aromatic N) is 1. The van der Waals surface area contributed by atoms with Crippen molar-refractivity contribution in [2.24, 2.45) is 5.92 Å². The summed E-state index contributed by atoms with van der Waals surface area (Å²) in [5.41, 5.74) is -0.249. The van der Waals surface area contributed by atoms with Crippen LogP contribution in [-0.4, -0.2) is 28.5 Å². The Bertz CT molecular complexity index is 547. The molecule has 8 heteroatoms. The largest absolute Gasteiger partial charge is 0.481 e. The van der Waals surface area contributed by atoms with Crippen LogP contribution in [0.3, 0.4) is 0 Å². The van der Waals surface area contributed by atoms with E-state index in [1.165, 1.54) is 12.1 Å². The number of carboxylic acid groups (broad SMARTS) is 1. The number of carbonyl (C=O) groups is 2. The average molecular weight is 301 g/mol. The van der Waals surface area contributed by atoms with Gasteiger partial charge in [0.15, 0.2) is 0 Å². The lowest BCUT2D eigenvalue weighted by Crippen LogP contribution is -2.29. The number of halogens is 1. The fourth-order valence-corrected chi connectivity index (χ4v) is 1.72. The van der Waals surface area contributed by atoms with E-state index in [4.69, 9.17) is 16.7 Å². The Morgan fingerprint density at radius 1 is 1.50 bits per heavy atom. The third-order valence-electron chi connectivity index (χ3n) is 2.54. The number of nitro groups is 1. The lowest BCUT2D eigenvalue weighted by atomic mass is 10.1. The molecule has 7 nitrogen and oxygen atoms in total. The van der Waals surface area contributed by atoms with Crippen LogP contribution in [0.1, 0.15) is 23.7 Å². The number of nitrogens with one attached hydrogen (secondary N) is 1. The Morgan fingerprint density at radius 2 is 2.15 bits per heavy atom. The highest BCUT2D eigenvalue weighted by molar-refractivity contribution is 6.32. The Balaban J connectivity index is 2.71. The molecule has 0 aliphatic heterocycles. The predicted molar refractivity (Wildman–Crippen MR) is 71.9 cm³/mol. The van der Waals surface area contributed by atoms with Crippen LogP contribution in [0.4, 0.5) is 5.69 Å². The van der Waals surface area contributed by atoms with E-state index in [-0.39, 0.29) is 35.2 Å². The molecule has 0 radical (unpaired) electrons. The molecule has 0 heterocycles. The van der Waals surface area contributed by atoms with Crippen LogP contribution in [-0.2, 0) is 4.79 Å². The van der Waals surface area contributed by atoms with Crippen LogP contribution in [0.5, 0.6) is 0 Å². The van der Waals surface area contributed by atoms with Crippen molar-refractivity contribution in [1.29, 1.82) is 0 Å². The van der Waals surface area contributed by atoms with Gasteiger partial charge in [0.05, 0.1) is 4.92 Å². The molecule has 1 unspecified atom stereocenters. The average Bonchev–Trinajstić information content (AvgIpc) is 2.35. The maximum Gasteiger partial charge on any atom is 0.303 e. The minimum absolute atomic E-state index is 0.0502. The minimum atomic E-state index is -0.950. The summed E-state index contributed by atoms with van der Waals surface area (Å²) in [5.74, 6) is -1.70. The first-order chi connectivity index (χ1) is 9.31. The van der Waals surface area contributed by atoms with Crippen molar-refractivity contribution in [3.63, 3.8) is 0 Å². The second kappa shape index (κ2) is 6.85. The van der Waals surface area contributed by atoms with Crippen molar-refractivity contribution >= 4 is 29.2 Å². The van der Waals surface area contributed by atoms with Gasteiger partial charge in [-0.2, -0.15) is 0 Å². The smallest absolute Gasteiger partial charge is 0.303 e. The molecule has 0 spiro atoms. The van der Waals surface area contributed by atoms with Crippen molar-refractivity contribution in [3.8, 4) is 0 Å². The topological polar surface area (TPSA) is 110 Å². The zero-order valence-corrected chi connectivity index (χ0v) is 11.4. The van der Waals surface area contributed by atoms with Crippen molar-refractivity contribution in [2.75, 3.05) is 6.54 Å². The van der Waals surface area contributed by atoms with Gasteiger partial charge in [0.25, 0.3) is 11.6 Å². The summed E-state index contributed by atoms with van der Waals surface area (Å²) in [5, 5.41) is 21.8. The highest BCUT2D eigenvalue weighted by atomic mass is 35.5. The summed E-state index contributed by atoms with van der Waals surface area (Å²) in [7, 11) is 0. The first-order valence-electron chi connectivity index (χ1n) is 5.75. The quantitative estimate of drug-likeness (QED) is 0.617. The lowest BCUT2D eigenvalue weighted by Gasteiger charge is -2.10. The van der Waals surface area contributed by atoms with E-state index in [1.54, 1.807) is 6.92 Å². The zero-order chi connectivity index (χ0) is 15.3. The third-order valence-corrected chi connectivity index (χ3v) is 2.86. The number of hydrogen-bond donors (Lipinski definition) is 2. The van der Waals surface area contributed by atoms with Gasteiger partial charge in [0.2, 0.25) is 0 Å². The van der Waals surface area contributed by atoms with Gasteiger partial charge in [-0.3, -0.25) is 19.7 Å². The van der Waals surface area contributed by atoms with E-state index in [2.05, 4.69) is 5.32 Å². The number of carboxylic acids is 1. The molecule has 1 aromatic rings. The Morgan fingerprint density at radius 3 is 2.70 bits per heavy atom. The molecule has 2 N–H and O–H groups in total. The van der Waals surface area contributed by atoms with Crippen LogP contribution in [0.2, 0.25) is 5.02 Å². The fraction of sp³-hybridized carbons (Fsp3) is 0.333. The van der Waals surface area contributed by atoms with Gasteiger partial charge in [-0.25, -0.2) is 0 Å². The third kappa shape index (κ3) is 4.51. The van der Waals surface area contributed by atoms with E-state index in [1.807, 2.05) is 0 Å². The van der Waals surface area contributed by atoms with E-state index in [0.29, 0.717) is 0 Å². The first-order valence-corrected chi connectivity index (χ1v) is 6.13. The molecule has 0 fully saturated rings.